The highest BCUT2D eigenvalue weighted by molar-refractivity contribution is 5.23. The number of rotatable bonds is 3. The maximum Gasteiger partial charge on any atom is 0.265 e. The highest BCUT2D eigenvalue weighted by atomic mass is 16.5. The van der Waals surface area contributed by atoms with E-state index in [0.717, 1.165) is 0 Å². The van der Waals surface area contributed by atoms with Crippen molar-refractivity contribution in [3.8, 4) is 0 Å². The Labute approximate surface area is 77.4 Å². The zero-order valence-electron chi connectivity index (χ0n) is 8.40. The zero-order chi connectivity index (χ0) is 10.1. The van der Waals surface area contributed by atoms with Gasteiger partial charge in [0.15, 0.2) is 0 Å². The molecule has 0 saturated heterocycles. The Morgan fingerprint density at radius 2 is 2.08 bits per heavy atom. The molecular formula is C8H15N3O2. The van der Waals surface area contributed by atoms with Gasteiger partial charge in [-0.3, -0.25) is 0 Å². The quantitative estimate of drug-likeness (QED) is 0.740. The second-order valence-electron chi connectivity index (χ2n) is 3.87. The van der Waals surface area contributed by atoms with E-state index >= 15 is 0 Å². The summed E-state index contributed by atoms with van der Waals surface area (Å²) < 4.78 is 4.94. The van der Waals surface area contributed by atoms with Crippen LogP contribution >= 0.6 is 0 Å². The average Bonchev–Trinajstić information content (AvgIpc) is 2.31. The van der Waals surface area contributed by atoms with Crippen LogP contribution in [0.3, 0.4) is 0 Å². The van der Waals surface area contributed by atoms with Crippen LogP contribution in [0.15, 0.2) is 4.52 Å². The minimum Gasteiger partial charge on any atom is -0.390 e. The Balaban J connectivity index is 2.70. The zero-order valence-corrected chi connectivity index (χ0v) is 8.40. The first kappa shape index (κ1) is 9.98. The van der Waals surface area contributed by atoms with Crippen LogP contribution in [0.4, 0.5) is 5.95 Å². The largest absolute Gasteiger partial charge is 0.390 e. The van der Waals surface area contributed by atoms with Gasteiger partial charge in [0.2, 0.25) is 5.89 Å². The van der Waals surface area contributed by atoms with E-state index in [1.54, 1.807) is 18.7 Å². The Morgan fingerprint density at radius 1 is 1.46 bits per heavy atom. The SMILES string of the molecule is CN(C)c1noc(CC(C)(C)O)n1. The molecule has 5 nitrogen and oxygen atoms in total. The van der Waals surface area contributed by atoms with Gasteiger partial charge in [-0.15, -0.1) is 0 Å². The van der Waals surface area contributed by atoms with Gasteiger partial charge in [0.1, 0.15) is 0 Å². The summed E-state index contributed by atoms with van der Waals surface area (Å²) in [6.07, 6.45) is 0.369. The summed E-state index contributed by atoms with van der Waals surface area (Å²) in [5, 5.41) is 13.2. The summed E-state index contributed by atoms with van der Waals surface area (Å²) >= 11 is 0. The lowest BCUT2D eigenvalue weighted by molar-refractivity contribution is 0.0718. The van der Waals surface area contributed by atoms with Gasteiger partial charge in [0.05, 0.1) is 12.0 Å². The van der Waals surface area contributed by atoms with Gasteiger partial charge in [-0.05, 0) is 19.0 Å². The summed E-state index contributed by atoms with van der Waals surface area (Å²) in [5.74, 6) is 0.982. The Morgan fingerprint density at radius 3 is 2.46 bits per heavy atom. The smallest absolute Gasteiger partial charge is 0.265 e. The average molecular weight is 185 g/mol. The normalized spacial score (nSPS) is 11.8. The number of hydrogen-bond donors (Lipinski definition) is 1. The Hall–Kier alpha value is -1.10. The molecule has 13 heavy (non-hydrogen) atoms. The molecule has 0 amide bonds. The van der Waals surface area contributed by atoms with Crippen LogP contribution in [0.5, 0.6) is 0 Å². The molecule has 0 unspecified atom stereocenters. The van der Waals surface area contributed by atoms with Crippen molar-refractivity contribution in [3.05, 3.63) is 5.89 Å². The van der Waals surface area contributed by atoms with Gasteiger partial charge in [0, 0.05) is 14.1 Å². The molecule has 0 radical (unpaired) electrons. The van der Waals surface area contributed by atoms with E-state index in [-0.39, 0.29) is 0 Å². The summed E-state index contributed by atoms with van der Waals surface area (Å²) in [4.78, 5) is 5.83. The molecule has 1 aromatic rings. The van der Waals surface area contributed by atoms with E-state index in [1.165, 1.54) is 0 Å². The monoisotopic (exact) mass is 185 g/mol. The van der Waals surface area contributed by atoms with Crippen molar-refractivity contribution in [3.63, 3.8) is 0 Å². The molecule has 0 fully saturated rings. The Kier molecular flexibility index (Phi) is 2.56. The first-order valence-electron chi connectivity index (χ1n) is 4.11. The van der Waals surface area contributed by atoms with E-state index in [9.17, 15) is 5.11 Å². The maximum atomic E-state index is 9.48. The third-order valence-corrected chi connectivity index (χ3v) is 1.44. The molecule has 0 saturated carbocycles. The lowest BCUT2D eigenvalue weighted by Gasteiger charge is -2.12. The molecule has 0 spiro atoms. The fourth-order valence-corrected chi connectivity index (χ4v) is 0.869. The third-order valence-electron chi connectivity index (χ3n) is 1.44. The van der Waals surface area contributed by atoms with Crippen LogP contribution < -0.4 is 4.90 Å². The lowest BCUT2D eigenvalue weighted by atomic mass is 10.1. The summed E-state index contributed by atoms with van der Waals surface area (Å²) in [6.45, 7) is 3.40. The van der Waals surface area contributed by atoms with Crippen molar-refractivity contribution in [1.82, 2.24) is 10.1 Å². The van der Waals surface area contributed by atoms with Gasteiger partial charge in [-0.25, -0.2) is 0 Å². The minimum absolute atomic E-state index is 0.369. The number of aliphatic hydroxyl groups is 1. The molecular weight excluding hydrogens is 170 g/mol. The topological polar surface area (TPSA) is 62.4 Å². The van der Waals surface area contributed by atoms with E-state index in [0.29, 0.717) is 18.3 Å². The van der Waals surface area contributed by atoms with Gasteiger partial charge in [-0.2, -0.15) is 4.98 Å². The number of anilines is 1. The maximum absolute atomic E-state index is 9.48. The molecule has 1 N–H and O–H groups in total. The van der Waals surface area contributed by atoms with Crippen molar-refractivity contribution >= 4 is 5.95 Å². The summed E-state index contributed by atoms with van der Waals surface area (Å²) in [5.41, 5.74) is -0.809. The fourth-order valence-electron chi connectivity index (χ4n) is 0.869. The molecule has 0 atom stereocenters. The third kappa shape index (κ3) is 3.02. The van der Waals surface area contributed by atoms with Crippen LogP contribution in [0.25, 0.3) is 0 Å². The van der Waals surface area contributed by atoms with Gasteiger partial charge >= 0.3 is 0 Å². The first-order chi connectivity index (χ1) is 5.88. The Bertz CT molecular complexity index is 275. The van der Waals surface area contributed by atoms with Gasteiger partial charge < -0.3 is 14.5 Å². The molecule has 1 rings (SSSR count). The van der Waals surface area contributed by atoms with Crippen LogP contribution in [-0.4, -0.2) is 34.9 Å². The molecule has 0 aliphatic rings. The number of nitrogens with zero attached hydrogens (tertiary/aromatic N) is 3. The molecule has 0 bridgehead atoms. The van der Waals surface area contributed by atoms with Crippen molar-refractivity contribution in [2.45, 2.75) is 25.9 Å². The number of aromatic nitrogens is 2. The van der Waals surface area contributed by atoms with Gasteiger partial charge in [-0.1, -0.05) is 0 Å². The summed E-state index contributed by atoms with van der Waals surface area (Å²) in [7, 11) is 3.66. The van der Waals surface area contributed by atoms with Crippen LogP contribution in [-0.2, 0) is 6.42 Å². The number of hydrogen-bond acceptors (Lipinski definition) is 5. The van der Waals surface area contributed by atoms with Gasteiger partial charge in [0.25, 0.3) is 5.95 Å². The standard InChI is InChI=1S/C8H15N3O2/c1-8(2,12)5-6-9-7(10-13-6)11(3)4/h12H,5H2,1-4H3. The minimum atomic E-state index is -0.809. The van der Waals surface area contributed by atoms with E-state index in [2.05, 4.69) is 10.1 Å². The van der Waals surface area contributed by atoms with Crippen molar-refractivity contribution in [2.75, 3.05) is 19.0 Å². The van der Waals surface area contributed by atoms with E-state index < -0.39 is 5.60 Å². The van der Waals surface area contributed by atoms with Crippen LogP contribution in [0, 0.1) is 0 Å². The molecule has 0 aliphatic carbocycles. The molecule has 5 heteroatoms. The first-order valence-corrected chi connectivity index (χ1v) is 4.11. The van der Waals surface area contributed by atoms with Crippen molar-refractivity contribution in [1.29, 1.82) is 0 Å². The summed E-state index contributed by atoms with van der Waals surface area (Å²) in [6, 6.07) is 0. The molecule has 0 aromatic carbocycles. The highest BCUT2D eigenvalue weighted by Crippen LogP contribution is 2.12. The lowest BCUT2D eigenvalue weighted by Crippen LogP contribution is -2.22. The van der Waals surface area contributed by atoms with E-state index in [1.807, 2.05) is 14.1 Å². The van der Waals surface area contributed by atoms with Crippen LogP contribution in [0.1, 0.15) is 19.7 Å². The second-order valence-corrected chi connectivity index (χ2v) is 3.87. The van der Waals surface area contributed by atoms with E-state index in [4.69, 9.17) is 4.52 Å². The van der Waals surface area contributed by atoms with Crippen molar-refractivity contribution < 1.29 is 9.63 Å². The second kappa shape index (κ2) is 3.33. The molecule has 1 aromatic heterocycles. The predicted octanol–water partition coefficient (Wildman–Crippen LogP) is 0.449. The molecule has 74 valence electrons. The van der Waals surface area contributed by atoms with Crippen molar-refractivity contribution in [2.24, 2.45) is 0 Å². The molecule has 0 aliphatic heterocycles. The predicted molar refractivity (Wildman–Crippen MR) is 48.6 cm³/mol. The highest BCUT2D eigenvalue weighted by Gasteiger charge is 2.18. The fraction of sp³-hybridized carbons (Fsp3) is 0.750. The van der Waals surface area contributed by atoms with Crippen LogP contribution in [0.2, 0.25) is 0 Å². The molecule has 1 heterocycles.